The van der Waals surface area contributed by atoms with Gasteiger partial charge in [-0.15, -0.1) is 0 Å². The van der Waals surface area contributed by atoms with Gasteiger partial charge in [-0.1, -0.05) is 6.92 Å². The second kappa shape index (κ2) is 7.05. The molecule has 3 N–H and O–H groups in total. The first kappa shape index (κ1) is 15.3. The summed E-state index contributed by atoms with van der Waals surface area (Å²) in [7, 11) is 0. The zero-order valence-electron chi connectivity index (χ0n) is 12.5. The predicted octanol–water partition coefficient (Wildman–Crippen LogP) is 0.348. The first-order valence-electron chi connectivity index (χ1n) is 7.25. The van der Waals surface area contributed by atoms with Crippen LogP contribution in [0, 0.1) is 0 Å². The van der Waals surface area contributed by atoms with Crippen LogP contribution < -0.4 is 20.7 Å². The van der Waals surface area contributed by atoms with E-state index in [1.807, 2.05) is 11.8 Å². The van der Waals surface area contributed by atoms with E-state index >= 15 is 0 Å². The molecule has 0 atom stereocenters. The van der Waals surface area contributed by atoms with Gasteiger partial charge >= 0.3 is 6.01 Å². The largest absolute Gasteiger partial charge is 0.463 e. The van der Waals surface area contributed by atoms with Crippen LogP contribution in [0.1, 0.15) is 33.1 Å². The zero-order valence-corrected chi connectivity index (χ0v) is 12.5. The number of aromatic nitrogens is 3. The number of nitrogens with one attached hydrogen (secondary N) is 1. The minimum Gasteiger partial charge on any atom is -0.463 e. The number of ether oxygens (including phenoxy) is 1. The molecule has 0 unspecified atom stereocenters. The van der Waals surface area contributed by atoms with E-state index in [1.165, 1.54) is 6.92 Å². The van der Waals surface area contributed by atoms with Crippen molar-refractivity contribution in [3.05, 3.63) is 0 Å². The summed E-state index contributed by atoms with van der Waals surface area (Å²) in [6, 6.07) is 0.483. The third-order valence-electron chi connectivity index (χ3n) is 3.24. The number of amides is 1. The monoisotopic (exact) mass is 294 g/mol. The third-order valence-corrected chi connectivity index (χ3v) is 3.24. The molecule has 0 saturated carbocycles. The number of hydrogen-bond acceptors (Lipinski definition) is 7. The van der Waals surface area contributed by atoms with Gasteiger partial charge in [0.2, 0.25) is 17.8 Å². The molecule has 0 bridgehead atoms. The number of carbonyl (C=O) groups is 1. The Morgan fingerprint density at radius 2 is 2.10 bits per heavy atom. The second-order valence-corrected chi connectivity index (χ2v) is 5.09. The predicted molar refractivity (Wildman–Crippen MR) is 79.1 cm³/mol. The summed E-state index contributed by atoms with van der Waals surface area (Å²) in [5, 5.41) is 2.94. The van der Waals surface area contributed by atoms with Crippen LogP contribution in [0.5, 0.6) is 6.01 Å². The molecular formula is C13H22N6O2. The average Bonchev–Trinajstić information content (AvgIpc) is 2.44. The molecular weight excluding hydrogens is 272 g/mol. The highest BCUT2D eigenvalue weighted by molar-refractivity contribution is 5.73. The Kier molecular flexibility index (Phi) is 5.13. The van der Waals surface area contributed by atoms with Crippen LogP contribution in [0.25, 0.3) is 0 Å². The molecule has 0 aromatic carbocycles. The maximum absolute atomic E-state index is 11.1. The maximum atomic E-state index is 11.1. The third kappa shape index (κ3) is 4.44. The van der Waals surface area contributed by atoms with Crippen molar-refractivity contribution in [2.24, 2.45) is 0 Å². The van der Waals surface area contributed by atoms with E-state index in [0.29, 0.717) is 12.6 Å². The Labute approximate surface area is 124 Å². The van der Waals surface area contributed by atoms with Crippen LogP contribution in [0.15, 0.2) is 0 Å². The molecule has 2 rings (SSSR count). The van der Waals surface area contributed by atoms with E-state index in [-0.39, 0.29) is 23.9 Å². The number of anilines is 2. The number of hydrogen-bond donors (Lipinski definition) is 2. The Balaban J connectivity index is 1.99. The molecule has 21 heavy (non-hydrogen) atoms. The topological polar surface area (TPSA) is 106 Å². The van der Waals surface area contributed by atoms with Gasteiger partial charge in [0.1, 0.15) is 0 Å². The van der Waals surface area contributed by atoms with E-state index in [4.69, 9.17) is 10.5 Å². The van der Waals surface area contributed by atoms with Gasteiger partial charge in [0.15, 0.2) is 0 Å². The van der Waals surface area contributed by atoms with E-state index in [9.17, 15) is 4.79 Å². The first-order valence-corrected chi connectivity index (χ1v) is 7.25. The van der Waals surface area contributed by atoms with Crippen LogP contribution in [0.4, 0.5) is 11.9 Å². The van der Waals surface area contributed by atoms with Crippen molar-refractivity contribution >= 4 is 17.8 Å². The lowest BCUT2D eigenvalue weighted by Crippen LogP contribution is -2.44. The highest BCUT2D eigenvalue weighted by Crippen LogP contribution is 2.18. The van der Waals surface area contributed by atoms with Crippen LogP contribution in [-0.2, 0) is 4.79 Å². The van der Waals surface area contributed by atoms with E-state index in [1.54, 1.807) is 0 Å². The van der Waals surface area contributed by atoms with E-state index in [2.05, 4.69) is 20.3 Å². The lowest BCUT2D eigenvalue weighted by atomic mass is 10.1. The molecule has 1 aliphatic rings. The summed E-state index contributed by atoms with van der Waals surface area (Å²) < 4.78 is 5.42. The molecule has 2 heterocycles. The number of nitrogens with zero attached hydrogens (tertiary/aromatic N) is 4. The van der Waals surface area contributed by atoms with Crippen LogP contribution in [-0.4, -0.2) is 46.6 Å². The second-order valence-electron chi connectivity index (χ2n) is 5.09. The summed E-state index contributed by atoms with van der Waals surface area (Å²) in [6.07, 6.45) is 2.59. The molecule has 1 amide bonds. The molecule has 1 aromatic heterocycles. The van der Waals surface area contributed by atoms with Crippen molar-refractivity contribution in [1.82, 2.24) is 20.3 Å². The van der Waals surface area contributed by atoms with Crippen molar-refractivity contribution in [1.29, 1.82) is 0 Å². The Hall–Kier alpha value is -2.12. The van der Waals surface area contributed by atoms with Crippen LogP contribution >= 0.6 is 0 Å². The van der Waals surface area contributed by atoms with Gasteiger partial charge in [-0.2, -0.15) is 15.0 Å². The number of carbonyl (C=O) groups excluding carboxylic acids is 1. The molecule has 0 spiro atoms. The van der Waals surface area contributed by atoms with Crippen LogP contribution in [0.3, 0.4) is 0 Å². The van der Waals surface area contributed by atoms with Gasteiger partial charge in [0.05, 0.1) is 6.61 Å². The Bertz CT molecular complexity index is 488. The first-order chi connectivity index (χ1) is 10.1. The summed E-state index contributed by atoms with van der Waals surface area (Å²) >= 11 is 0. The van der Waals surface area contributed by atoms with Crippen molar-refractivity contribution in [2.45, 2.75) is 39.2 Å². The van der Waals surface area contributed by atoms with E-state index in [0.717, 1.165) is 32.4 Å². The number of nitrogens with two attached hydrogens (primary N) is 1. The van der Waals surface area contributed by atoms with Gasteiger partial charge < -0.3 is 20.7 Å². The van der Waals surface area contributed by atoms with Crippen LogP contribution in [0.2, 0.25) is 0 Å². The number of nitrogen functional groups attached to an aromatic ring is 1. The minimum absolute atomic E-state index is 0.00751. The fourth-order valence-corrected chi connectivity index (χ4v) is 2.27. The summed E-state index contributed by atoms with van der Waals surface area (Å²) in [4.78, 5) is 25.5. The van der Waals surface area contributed by atoms with Crippen molar-refractivity contribution in [3.8, 4) is 6.01 Å². The average molecular weight is 294 g/mol. The molecule has 1 fully saturated rings. The molecule has 116 valence electrons. The normalized spacial score (nSPS) is 15.8. The summed E-state index contributed by atoms with van der Waals surface area (Å²) in [5.74, 6) is 0.707. The highest BCUT2D eigenvalue weighted by atomic mass is 16.5. The fourth-order valence-electron chi connectivity index (χ4n) is 2.27. The quantitative estimate of drug-likeness (QED) is 0.806. The highest BCUT2D eigenvalue weighted by Gasteiger charge is 2.22. The fraction of sp³-hybridized carbons (Fsp3) is 0.692. The van der Waals surface area contributed by atoms with Crippen molar-refractivity contribution in [2.75, 3.05) is 30.3 Å². The molecule has 0 radical (unpaired) electrons. The standard InChI is InChI=1S/C13H22N6O2/c1-3-8-21-13-17-11(14)16-12(18-13)19-6-4-10(5-7-19)15-9(2)20/h10H,3-8H2,1-2H3,(H,15,20)(H2,14,16,17,18). The molecule has 1 aliphatic heterocycles. The van der Waals surface area contributed by atoms with Gasteiger partial charge in [0.25, 0.3) is 0 Å². The Morgan fingerprint density at radius 3 is 2.71 bits per heavy atom. The van der Waals surface area contributed by atoms with Gasteiger partial charge in [-0.05, 0) is 19.3 Å². The minimum atomic E-state index is 0.00751. The SMILES string of the molecule is CCCOc1nc(N)nc(N2CCC(NC(C)=O)CC2)n1. The molecule has 1 aromatic rings. The lowest BCUT2D eigenvalue weighted by molar-refractivity contribution is -0.119. The maximum Gasteiger partial charge on any atom is 0.323 e. The lowest BCUT2D eigenvalue weighted by Gasteiger charge is -2.32. The number of rotatable bonds is 5. The summed E-state index contributed by atoms with van der Waals surface area (Å²) in [5.41, 5.74) is 5.71. The molecule has 8 heteroatoms. The van der Waals surface area contributed by atoms with Crippen molar-refractivity contribution < 1.29 is 9.53 Å². The van der Waals surface area contributed by atoms with Gasteiger partial charge in [0, 0.05) is 26.1 Å². The van der Waals surface area contributed by atoms with Gasteiger partial charge in [-0.3, -0.25) is 4.79 Å². The van der Waals surface area contributed by atoms with E-state index < -0.39 is 0 Å². The smallest absolute Gasteiger partial charge is 0.323 e. The molecule has 0 aliphatic carbocycles. The van der Waals surface area contributed by atoms with Gasteiger partial charge in [-0.25, -0.2) is 0 Å². The van der Waals surface area contributed by atoms with Crippen molar-refractivity contribution in [3.63, 3.8) is 0 Å². The zero-order chi connectivity index (χ0) is 15.2. The number of piperidine rings is 1. The Morgan fingerprint density at radius 1 is 1.38 bits per heavy atom. The molecule has 8 nitrogen and oxygen atoms in total. The summed E-state index contributed by atoms with van der Waals surface area (Å²) in [6.45, 7) is 5.63. The molecule has 1 saturated heterocycles.